The lowest BCUT2D eigenvalue weighted by Gasteiger charge is -2.12. The molecule has 2 atom stereocenters. The van der Waals surface area contributed by atoms with E-state index in [0.29, 0.717) is 19.3 Å². The van der Waals surface area contributed by atoms with Crippen molar-refractivity contribution in [1.82, 2.24) is 4.72 Å². The van der Waals surface area contributed by atoms with E-state index in [9.17, 15) is 22.8 Å². The zero-order valence-electron chi connectivity index (χ0n) is 17.8. The van der Waals surface area contributed by atoms with E-state index < -0.39 is 15.9 Å². The number of anilines is 1. The Kier molecular flexibility index (Phi) is 9.23. The fourth-order valence-corrected chi connectivity index (χ4v) is 4.44. The van der Waals surface area contributed by atoms with E-state index >= 15 is 0 Å². The minimum atomic E-state index is -4.10. The summed E-state index contributed by atoms with van der Waals surface area (Å²) in [7, 11) is -2.74. The number of carbonyl (C=O) groups excluding carboxylic acids is 3. The number of amides is 2. The number of allylic oxidation sites excluding steroid dienone is 1. The first-order chi connectivity index (χ1) is 14.8. The van der Waals surface area contributed by atoms with Crippen molar-refractivity contribution in [3.63, 3.8) is 0 Å². The highest BCUT2D eigenvalue weighted by molar-refractivity contribution is 7.90. The quantitative estimate of drug-likeness (QED) is 0.271. The average Bonchev–Trinajstić information content (AvgIpc) is 3.53. The van der Waals surface area contributed by atoms with Gasteiger partial charge in [0.05, 0.1) is 12.8 Å². The number of benzene rings is 1. The van der Waals surface area contributed by atoms with E-state index in [0.717, 1.165) is 25.7 Å². The number of hydrogen-bond acceptors (Lipinski definition) is 6. The van der Waals surface area contributed by atoms with Gasteiger partial charge in [0.2, 0.25) is 11.8 Å². The van der Waals surface area contributed by atoms with Gasteiger partial charge in [0.1, 0.15) is 4.90 Å². The van der Waals surface area contributed by atoms with Crippen LogP contribution in [0.4, 0.5) is 5.69 Å². The van der Waals surface area contributed by atoms with Crippen LogP contribution in [0.2, 0.25) is 0 Å². The van der Waals surface area contributed by atoms with Crippen LogP contribution < -0.4 is 10.0 Å². The van der Waals surface area contributed by atoms with Crippen LogP contribution in [-0.4, -0.2) is 33.3 Å². The van der Waals surface area contributed by atoms with Gasteiger partial charge in [-0.05, 0) is 37.3 Å². The molecule has 0 aromatic heterocycles. The topological polar surface area (TPSA) is 119 Å². The molecule has 1 aromatic carbocycles. The molecule has 2 N–H and O–H groups in total. The Morgan fingerprint density at radius 2 is 1.74 bits per heavy atom. The molecular formula is C22H30N2O6S. The van der Waals surface area contributed by atoms with Gasteiger partial charge in [0.15, 0.2) is 0 Å². The summed E-state index contributed by atoms with van der Waals surface area (Å²) in [5.74, 6) is -1.44. The third kappa shape index (κ3) is 7.82. The second-order valence-electron chi connectivity index (χ2n) is 7.60. The number of para-hydroxylation sites is 1. The third-order valence-corrected chi connectivity index (χ3v) is 6.58. The molecule has 8 nitrogen and oxygen atoms in total. The smallest absolute Gasteiger partial charge is 0.305 e. The largest absolute Gasteiger partial charge is 0.469 e. The molecule has 0 saturated heterocycles. The standard InChI is InChI=1S/C22H30N2O6S/c1-3-16-15-17(16)22(27)24-31(28,29)19-12-10-9-11-18(19)23-20(25)13-7-5-4-6-8-14-21(26)30-2/h3,9-12,16-17H,1,4-8,13-15H2,2H3,(H,23,25)(H,24,27)/t16-,17+/m1/s1. The fourth-order valence-electron chi connectivity index (χ4n) is 3.24. The van der Waals surface area contributed by atoms with Crippen molar-refractivity contribution in [3.05, 3.63) is 36.9 Å². The maximum atomic E-state index is 12.7. The number of hydrogen-bond donors (Lipinski definition) is 2. The van der Waals surface area contributed by atoms with E-state index in [1.807, 2.05) is 0 Å². The molecule has 1 aliphatic rings. The minimum Gasteiger partial charge on any atom is -0.469 e. The zero-order chi connectivity index (χ0) is 22.9. The Morgan fingerprint density at radius 1 is 1.10 bits per heavy atom. The molecule has 1 saturated carbocycles. The molecule has 2 rings (SSSR count). The SMILES string of the molecule is C=C[C@@H]1C[C@@H]1C(=O)NS(=O)(=O)c1ccccc1NC(=O)CCCCCCCC(=O)OC. The maximum absolute atomic E-state index is 12.7. The van der Waals surface area contributed by atoms with Gasteiger partial charge in [-0.2, -0.15) is 0 Å². The number of unbranched alkanes of at least 4 members (excludes halogenated alkanes) is 4. The molecule has 170 valence electrons. The van der Waals surface area contributed by atoms with Gasteiger partial charge in [0, 0.05) is 18.8 Å². The zero-order valence-corrected chi connectivity index (χ0v) is 18.6. The van der Waals surface area contributed by atoms with Crippen LogP contribution in [0.5, 0.6) is 0 Å². The molecule has 0 aliphatic heterocycles. The first-order valence-corrected chi connectivity index (χ1v) is 11.9. The first kappa shape index (κ1) is 24.6. The van der Waals surface area contributed by atoms with E-state index in [1.54, 1.807) is 12.1 Å². The van der Waals surface area contributed by atoms with Gasteiger partial charge >= 0.3 is 5.97 Å². The van der Waals surface area contributed by atoms with Crippen molar-refractivity contribution in [2.45, 2.75) is 56.3 Å². The number of nitrogens with one attached hydrogen (secondary N) is 2. The van der Waals surface area contributed by atoms with Crippen molar-refractivity contribution in [2.24, 2.45) is 11.8 Å². The molecule has 0 radical (unpaired) electrons. The van der Waals surface area contributed by atoms with E-state index in [1.165, 1.54) is 25.3 Å². The normalized spacial score (nSPS) is 17.5. The van der Waals surface area contributed by atoms with Gasteiger partial charge in [-0.1, -0.05) is 37.5 Å². The third-order valence-electron chi connectivity index (χ3n) is 5.18. The van der Waals surface area contributed by atoms with Gasteiger partial charge in [-0.15, -0.1) is 6.58 Å². The highest BCUT2D eigenvalue weighted by atomic mass is 32.2. The summed E-state index contributed by atoms with van der Waals surface area (Å²) in [6.45, 7) is 3.62. The molecule has 0 bridgehead atoms. The van der Waals surface area contributed by atoms with Gasteiger partial charge in [-0.3, -0.25) is 14.4 Å². The first-order valence-electron chi connectivity index (χ1n) is 10.4. The number of carbonyl (C=O) groups is 3. The van der Waals surface area contributed by atoms with Crippen molar-refractivity contribution in [1.29, 1.82) is 0 Å². The molecule has 0 heterocycles. The van der Waals surface area contributed by atoms with Gasteiger partial charge in [0.25, 0.3) is 10.0 Å². The highest BCUT2D eigenvalue weighted by Gasteiger charge is 2.42. The predicted molar refractivity (Wildman–Crippen MR) is 117 cm³/mol. The van der Waals surface area contributed by atoms with Crippen LogP contribution in [0.25, 0.3) is 0 Å². The van der Waals surface area contributed by atoms with Crippen LogP contribution in [0.3, 0.4) is 0 Å². The van der Waals surface area contributed by atoms with E-state index in [-0.39, 0.29) is 40.7 Å². The van der Waals surface area contributed by atoms with Crippen molar-refractivity contribution >= 4 is 33.5 Å². The van der Waals surface area contributed by atoms with Crippen LogP contribution in [-0.2, 0) is 29.1 Å². The van der Waals surface area contributed by atoms with Crippen molar-refractivity contribution in [3.8, 4) is 0 Å². The van der Waals surface area contributed by atoms with Crippen molar-refractivity contribution < 1.29 is 27.5 Å². The second-order valence-corrected chi connectivity index (χ2v) is 9.25. The van der Waals surface area contributed by atoms with E-state index in [2.05, 4.69) is 21.4 Å². The molecular weight excluding hydrogens is 420 g/mol. The summed E-state index contributed by atoms with van der Waals surface area (Å²) in [5.41, 5.74) is 0.141. The Bertz CT molecular complexity index is 912. The summed E-state index contributed by atoms with van der Waals surface area (Å²) < 4.78 is 32.0. The lowest BCUT2D eigenvalue weighted by molar-refractivity contribution is -0.140. The number of rotatable bonds is 13. The Balaban J connectivity index is 1.82. The molecule has 0 unspecified atom stereocenters. The maximum Gasteiger partial charge on any atom is 0.305 e. The van der Waals surface area contributed by atoms with Gasteiger partial charge < -0.3 is 10.1 Å². The molecule has 1 aliphatic carbocycles. The lowest BCUT2D eigenvalue weighted by atomic mass is 10.1. The molecule has 31 heavy (non-hydrogen) atoms. The number of esters is 1. The summed E-state index contributed by atoms with van der Waals surface area (Å²) in [4.78, 5) is 35.3. The molecule has 2 amide bonds. The van der Waals surface area contributed by atoms with Crippen LogP contribution in [0.1, 0.15) is 51.4 Å². The summed E-state index contributed by atoms with van der Waals surface area (Å²) in [6, 6.07) is 6.00. The Labute approximate surface area is 183 Å². The molecule has 0 spiro atoms. The highest BCUT2D eigenvalue weighted by Crippen LogP contribution is 2.39. The molecule has 9 heteroatoms. The van der Waals surface area contributed by atoms with E-state index in [4.69, 9.17) is 0 Å². The monoisotopic (exact) mass is 450 g/mol. The summed E-state index contributed by atoms with van der Waals surface area (Å²) in [5, 5.41) is 2.63. The van der Waals surface area contributed by atoms with Crippen LogP contribution >= 0.6 is 0 Å². The number of methoxy groups -OCH3 is 1. The number of sulfonamides is 1. The molecule has 1 aromatic rings. The lowest BCUT2D eigenvalue weighted by Crippen LogP contribution is -2.32. The van der Waals surface area contributed by atoms with Crippen molar-refractivity contribution in [2.75, 3.05) is 12.4 Å². The van der Waals surface area contributed by atoms with Gasteiger partial charge in [-0.25, -0.2) is 13.1 Å². The Hall–Kier alpha value is -2.68. The molecule has 1 fully saturated rings. The second kappa shape index (κ2) is 11.6. The van der Waals surface area contributed by atoms with Crippen LogP contribution in [0, 0.1) is 11.8 Å². The Morgan fingerprint density at radius 3 is 2.39 bits per heavy atom. The average molecular weight is 451 g/mol. The number of ether oxygens (including phenoxy) is 1. The predicted octanol–water partition coefficient (Wildman–Crippen LogP) is 3.16. The summed E-state index contributed by atoms with van der Waals surface area (Å²) >= 11 is 0. The van der Waals surface area contributed by atoms with Crippen LogP contribution in [0.15, 0.2) is 41.8 Å². The minimum absolute atomic E-state index is 0.00520. The fraction of sp³-hybridized carbons (Fsp3) is 0.500. The summed E-state index contributed by atoms with van der Waals surface area (Å²) in [6.07, 6.45) is 6.89.